The summed E-state index contributed by atoms with van der Waals surface area (Å²) in [5, 5.41) is 31.8. The monoisotopic (exact) mass is 823 g/mol. The average Bonchev–Trinajstić information content (AvgIpc) is 3.00. The minimum atomic E-state index is -1.67. The number of carbonyl (C=O) groups excluding carboxylic acids is 6. The minimum Gasteiger partial charge on any atom is -0.444 e. The molecule has 15 nitrogen and oxygen atoms in total. The number of amides is 6. The van der Waals surface area contributed by atoms with E-state index in [9.17, 15) is 34.0 Å². The Hall–Kier alpha value is -3.46. The zero-order chi connectivity index (χ0) is 46.2. The number of piperidine rings is 1. The Balaban J connectivity index is 3.69. The van der Waals surface area contributed by atoms with Gasteiger partial charge in [0, 0.05) is 16.6 Å². The number of carbonyl (C=O) groups is 6. The summed E-state index contributed by atoms with van der Waals surface area (Å²) in [6, 6.07) is 0. The van der Waals surface area contributed by atoms with Crippen molar-refractivity contribution in [2.24, 2.45) is 23.7 Å². The summed E-state index contributed by atoms with van der Waals surface area (Å²) in [6.07, 6.45) is -1.04. The number of nitrogens with one attached hydrogen (secondary N) is 6. The molecule has 6 N–H and O–H groups in total. The number of hydrogen-bond donors (Lipinski definition) is 6. The van der Waals surface area contributed by atoms with E-state index in [0.29, 0.717) is 0 Å². The van der Waals surface area contributed by atoms with Crippen LogP contribution in [0.2, 0.25) is 0 Å². The molecule has 58 heavy (non-hydrogen) atoms. The molecule has 1 aliphatic heterocycles. The van der Waals surface area contributed by atoms with Crippen molar-refractivity contribution in [1.29, 1.82) is 0 Å². The van der Waals surface area contributed by atoms with E-state index in [1.54, 1.807) is 118 Å². The van der Waals surface area contributed by atoms with Crippen LogP contribution in [0.5, 0.6) is 0 Å². The lowest BCUT2D eigenvalue weighted by Crippen LogP contribution is -2.76. The van der Waals surface area contributed by atoms with Crippen molar-refractivity contribution in [1.82, 2.24) is 37.0 Å². The Morgan fingerprint density at radius 2 is 0.776 bits per heavy atom. The predicted molar refractivity (Wildman–Crippen MR) is 225 cm³/mol. The standard InChI is InChI=1S/C43H80N7O8/c1-25(2)39(19,29(51)44-35(9,10)11)45-30(52)40(20,26(3)4)46-31(53)41(21,27(5)6)47-32(54)42(22,28(7)8)48-33(55)43(49-34(56)58-36(12,13)14)23-37(15,16)50(57)38(17,18)24-43/h25-28H,23-24H2,1-22H3,(H,44,51)(H,45,52)(H,46,53)(H,47,54)(H,48,55)(H,49,56)/t39-,40-,41-,42-/m0/s1. The van der Waals surface area contributed by atoms with E-state index in [-0.39, 0.29) is 24.7 Å². The molecule has 6 amide bonds. The van der Waals surface area contributed by atoms with Gasteiger partial charge in [0.2, 0.25) is 29.5 Å². The second-order valence-corrected chi connectivity index (χ2v) is 21.9. The maximum atomic E-state index is 14.8. The van der Waals surface area contributed by atoms with Crippen LogP contribution in [0.25, 0.3) is 0 Å². The zero-order valence-electron chi connectivity index (χ0n) is 39.9. The average molecular weight is 823 g/mol. The fourth-order valence-electron chi connectivity index (χ4n) is 7.08. The molecule has 335 valence electrons. The van der Waals surface area contributed by atoms with Crippen molar-refractivity contribution >= 4 is 35.6 Å². The fourth-order valence-corrected chi connectivity index (χ4v) is 7.08. The Morgan fingerprint density at radius 3 is 1.03 bits per heavy atom. The third-order valence-electron chi connectivity index (χ3n) is 12.2. The van der Waals surface area contributed by atoms with Crippen molar-refractivity contribution in [3.63, 3.8) is 0 Å². The molecule has 15 heteroatoms. The first-order valence-corrected chi connectivity index (χ1v) is 20.7. The molecular weight excluding hydrogens is 743 g/mol. The topological polar surface area (TPSA) is 207 Å². The molecule has 0 saturated carbocycles. The van der Waals surface area contributed by atoms with Gasteiger partial charge in [0.15, 0.2) is 0 Å². The van der Waals surface area contributed by atoms with Crippen LogP contribution in [0.4, 0.5) is 4.79 Å². The van der Waals surface area contributed by atoms with E-state index in [0.717, 1.165) is 5.06 Å². The maximum Gasteiger partial charge on any atom is 0.408 e. The lowest BCUT2D eigenvalue weighted by Gasteiger charge is -2.55. The van der Waals surface area contributed by atoms with E-state index >= 15 is 0 Å². The molecule has 1 heterocycles. The minimum absolute atomic E-state index is 0.0938. The quantitative estimate of drug-likeness (QED) is 0.136. The third-order valence-corrected chi connectivity index (χ3v) is 12.2. The largest absolute Gasteiger partial charge is 0.444 e. The second kappa shape index (κ2) is 17.3. The van der Waals surface area contributed by atoms with Gasteiger partial charge in [-0.25, -0.2) is 4.79 Å². The van der Waals surface area contributed by atoms with Crippen molar-refractivity contribution in [2.75, 3.05) is 0 Å². The number of ether oxygens (including phenoxy) is 1. The van der Waals surface area contributed by atoms with Crippen LogP contribution >= 0.6 is 0 Å². The van der Waals surface area contributed by atoms with Gasteiger partial charge >= 0.3 is 6.09 Å². The van der Waals surface area contributed by atoms with Crippen LogP contribution in [-0.4, -0.2) is 90.6 Å². The van der Waals surface area contributed by atoms with E-state index < -0.39 is 97.4 Å². The molecule has 1 aliphatic rings. The zero-order valence-corrected chi connectivity index (χ0v) is 39.9. The molecule has 0 aromatic rings. The summed E-state index contributed by atoms with van der Waals surface area (Å²) < 4.78 is 5.57. The van der Waals surface area contributed by atoms with E-state index in [1.807, 2.05) is 34.6 Å². The summed E-state index contributed by atoms with van der Waals surface area (Å²) >= 11 is 0. The number of rotatable bonds is 14. The van der Waals surface area contributed by atoms with Gasteiger partial charge < -0.3 is 36.6 Å². The van der Waals surface area contributed by atoms with Crippen molar-refractivity contribution in [3.8, 4) is 0 Å². The highest BCUT2D eigenvalue weighted by atomic mass is 16.6. The normalized spacial score (nSPS) is 21.1. The molecule has 1 saturated heterocycles. The van der Waals surface area contributed by atoms with Gasteiger partial charge in [-0.05, 0) is 133 Å². The van der Waals surface area contributed by atoms with Crippen molar-refractivity contribution in [3.05, 3.63) is 0 Å². The first-order valence-electron chi connectivity index (χ1n) is 20.7. The van der Waals surface area contributed by atoms with E-state index in [4.69, 9.17) is 4.74 Å². The summed E-state index contributed by atoms with van der Waals surface area (Å²) in [5.74, 6) is -4.83. The first-order chi connectivity index (χ1) is 25.6. The molecule has 0 aliphatic carbocycles. The van der Waals surface area contributed by atoms with Gasteiger partial charge in [-0.1, -0.05) is 55.4 Å². The highest BCUT2D eigenvalue weighted by Gasteiger charge is 2.59. The van der Waals surface area contributed by atoms with E-state index in [1.165, 1.54) is 0 Å². The SMILES string of the molecule is CC(C)[C@](C)(NC(=O)C1(NC(=O)OC(C)(C)C)CC(C)(C)N([O])C(C)(C)C1)C(=O)N[C@](C)(C(=O)N[C@](C)(C(=O)N[C@](C)(C(=O)NC(C)(C)C)C(C)C)C(C)C)C(C)C. The van der Waals surface area contributed by atoms with Crippen molar-refractivity contribution in [2.45, 2.75) is 215 Å². The number of nitrogens with zero attached hydrogens (tertiary/aromatic N) is 1. The molecule has 0 aromatic carbocycles. The van der Waals surface area contributed by atoms with Crippen LogP contribution in [-0.2, 0) is 33.9 Å². The third kappa shape index (κ3) is 11.6. The summed E-state index contributed by atoms with van der Waals surface area (Å²) in [4.78, 5) is 85.1. The molecule has 0 unspecified atom stereocenters. The summed E-state index contributed by atoms with van der Waals surface area (Å²) in [7, 11) is 0. The molecule has 1 radical (unpaired) electrons. The smallest absolute Gasteiger partial charge is 0.408 e. The number of hydrogen-bond acceptors (Lipinski definition) is 8. The Labute approximate surface area is 349 Å². The number of alkyl carbamates (subject to hydrolysis) is 1. The molecule has 1 rings (SSSR count). The highest BCUT2D eigenvalue weighted by Crippen LogP contribution is 2.43. The molecule has 0 aromatic heterocycles. The predicted octanol–water partition coefficient (Wildman–Crippen LogP) is 5.29. The maximum absolute atomic E-state index is 14.8. The Kier molecular flexibility index (Phi) is 15.6. The van der Waals surface area contributed by atoms with Crippen LogP contribution in [0.3, 0.4) is 0 Å². The van der Waals surface area contributed by atoms with Gasteiger partial charge in [0.05, 0.1) is 0 Å². The van der Waals surface area contributed by atoms with Crippen molar-refractivity contribution < 1.29 is 38.7 Å². The lowest BCUT2D eigenvalue weighted by atomic mass is 9.69. The van der Waals surface area contributed by atoms with Crippen LogP contribution in [0.1, 0.15) is 165 Å². The molecule has 4 atom stereocenters. The number of hydroxylamine groups is 2. The first kappa shape index (κ1) is 52.6. The second-order valence-electron chi connectivity index (χ2n) is 21.9. The Morgan fingerprint density at radius 1 is 0.500 bits per heavy atom. The Bertz CT molecular complexity index is 1540. The molecule has 1 fully saturated rings. The van der Waals surface area contributed by atoms with Gasteiger partial charge in [-0.2, -0.15) is 0 Å². The highest BCUT2D eigenvalue weighted by molar-refractivity contribution is 6.01. The van der Waals surface area contributed by atoms with Gasteiger partial charge in [-0.3, -0.25) is 24.0 Å². The van der Waals surface area contributed by atoms with Crippen LogP contribution in [0.15, 0.2) is 0 Å². The van der Waals surface area contributed by atoms with Crippen LogP contribution < -0.4 is 31.9 Å². The van der Waals surface area contributed by atoms with Gasteiger partial charge in [-0.15, -0.1) is 10.3 Å². The fraction of sp³-hybridized carbons (Fsp3) is 0.860. The summed E-state index contributed by atoms with van der Waals surface area (Å²) in [5.41, 5.74) is -11.5. The summed E-state index contributed by atoms with van der Waals surface area (Å²) in [6.45, 7) is 37.9. The van der Waals surface area contributed by atoms with E-state index in [2.05, 4.69) is 31.9 Å². The molecular formula is C43H80N7O8. The van der Waals surface area contributed by atoms with Gasteiger partial charge in [0.25, 0.3) is 0 Å². The molecule has 0 spiro atoms. The molecule has 0 bridgehead atoms. The lowest BCUT2D eigenvalue weighted by molar-refractivity contribution is -0.295. The van der Waals surface area contributed by atoms with Crippen LogP contribution in [0, 0.1) is 23.7 Å². The van der Waals surface area contributed by atoms with Gasteiger partial charge in [0.1, 0.15) is 33.3 Å².